The summed E-state index contributed by atoms with van der Waals surface area (Å²) in [5.74, 6) is -1.61. The number of carbonyl (C=O) groups excluding carboxylic acids is 1. The van der Waals surface area contributed by atoms with E-state index in [0.717, 1.165) is 10.4 Å². The van der Waals surface area contributed by atoms with Crippen LogP contribution in [0.1, 0.15) is 12.8 Å². The molecule has 1 aliphatic rings. The Morgan fingerprint density at radius 1 is 1.46 bits per heavy atom. The van der Waals surface area contributed by atoms with E-state index < -0.39 is 26.7 Å². The van der Waals surface area contributed by atoms with Gasteiger partial charge in [0.2, 0.25) is 15.9 Å². The second kappa shape index (κ2) is 8.96. The van der Waals surface area contributed by atoms with E-state index in [-0.39, 0.29) is 36.4 Å². The zero-order valence-electron chi connectivity index (χ0n) is 12.9. The lowest BCUT2D eigenvalue weighted by Gasteiger charge is -2.31. The van der Waals surface area contributed by atoms with Crippen molar-refractivity contribution >= 4 is 39.9 Å². The third-order valence-electron chi connectivity index (χ3n) is 3.72. The van der Waals surface area contributed by atoms with Gasteiger partial charge in [-0.1, -0.05) is 17.7 Å². The number of amides is 1. The molecule has 1 aromatic rings. The van der Waals surface area contributed by atoms with E-state index in [9.17, 15) is 17.6 Å². The van der Waals surface area contributed by atoms with Crippen molar-refractivity contribution in [1.82, 2.24) is 9.62 Å². The van der Waals surface area contributed by atoms with Gasteiger partial charge < -0.3 is 11.1 Å². The van der Waals surface area contributed by atoms with Gasteiger partial charge in [-0.05, 0) is 25.0 Å². The second-order valence-electron chi connectivity index (χ2n) is 5.33. The fourth-order valence-electron chi connectivity index (χ4n) is 2.57. The molecule has 24 heavy (non-hydrogen) atoms. The Hall–Kier alpha value is -0.930. The smallest absolute Gasteiger partial charge is 0.247 e. The average Bonchev–Trinajstić information content (AvgIpc) is 2.52. The molecule has 0 radical (unpaired) electrons. The van der Waals surface area contributed by atoms with Crippen LogP contribution in [0.3, 0.4) is 0 Å². The number of nitrogens with zero attached hydrogens (tertiary/aromatic N) is 1. The van der Waals surface area contributed by atoms with Crippen LogP contribution in [0.25, 0.3) is 0 Å². The van der Waals surface area contributed by atoms with Crippen LogP contribution in [0.5, 0.6) is 0 Å². The van der Waals surface area contributed by atoms with Gasteiger partial charge in [-0.25, -0.2) is 12.8 Å². The molecule has 0 aromatic heterocycles. The van der Waals surface area contributed by atoms with Crippen molar-refractivity contribution in [3.05, 3.63) is 29.0 Å². The summed E-state index contributed by atoms with van der Waals surface area (Å²) in [5, 5.41) is 2.48. The maximum Gasteiger partial charge on any atom is 0.247 e. The SMILES string of the molecule is Cl.NCCNC(=O)C1CCCN(S(=O)(=O)c2c(F)cccc2Cl)C1. The Balaban J connectivity index is 0.00000288. The molecule has 0 bridgehead atoms. The first-order chi connectivity index (χ1) is 10.9. The van der Waals surface area contributed by atoms with Gasteiger partial charge in [0.05, 0.1) is 10.9 Å². The normalized spacial score (nSPS) is 18.7. The first-order valence-electron chi connectivity index (χ1n) is 7.30. The number of rotatable bonds is 5. The molecule has 6 nitrogen and oxygen atoms in total. The van der Waals surface area contributed by atoms with Crippen molar-refractivity contribution in [1.29, 1.82) is 0 Å². The first-order valence-corrected chi connectivity index (χ1v) is 9.11. The van der Waals surface area contributed by atoms with Gasteiger partial charge >= 0.3 is 0 Å². The number of nitrogens with two attached hydrogens (primary N) is 1. The van der Waals surface area contributed by atoms with Crippen molar-refractivity contribution in [3.8, 4) is 0 Å². The second-order valence-corrected chi connectivity index (χ2v) is 7.61. The highest BCUT2D eigenvalue weighted by molar-refractivity contribution is 7.89. The molecule has 0 spiro atoms. The molecule has 0 saturated carbocycles. The third kappa shape index (κ3) is 4.58. The fourth-order valence-corrected chi connectivity index (χ4v) is 4.66. The zero-order chi connectivity index (χ0) is 17.0. The van der Waals surface area contributed by atoms with Gasteiger partial charge in [-0.3, -0.25) is 4.79 Å². The zero-order valence-corrected chi connectivity index (χ0v) is 15.3. The molecular formula is C14H20Cl2FN3O3S. The minimum atomic E-state index is -4.09. The van der Waals surface area contributed by atoms with Crippen molar-refractivity contribution < 1.29 is 17.6 Å². The predicted octanol–water partition coefficient (Wildman–Crippen LogP) is 1.38. The number of hydrogen-bond acceptors (Lipinski definition) is 4. The molecule has 1 fully saturated rings. The summed E-state index contributed by atoms with van der Waals surface area (Å²) in [6, 6.07) is 3.72. The van der Waals surface area contributed by atoms with Gasteiger partial charge in [0, 0.05) is 26.2 Å². The lowest BCUT2D eigenvalue weighted by molar-refractivity contribution is -0.126. The molecule has 1 atom stereocenters. The molecule has 1 unspecified atom stereocenters. The molecule has 0 aliphatic carbocycles. The summed E-state index contributed by atoms with van der Waals surface area (Å²) in [6.07, 6.45) is 1.10. The Labute approximate surface area is 152 Å². The number of piperidine rings is 1. The molecule has 136 valence electrons. The summed E-state index contributed by atoms with van der Waals surface area (Å²) >= 11 is 5.86. The lowest BCUT2D eigenvalue weighted by atomic mass is 9.99. The molecule has 1 aromatic carbocycles. The van der Waals surface area contributed by atoms with Gasteiger partial charge in [-0.15, -0.1) is 12.4 Å². The van der Waals surface area contributed by atoms with E-state index in [1.165, 1.54) is 12.1 Å². The van der Waals surface area contributed by atoms with Crippen molar-refractivity contribution in [2.75, 3.05) is 26.2 Å². The van der Waals surface area contributed by atoms with E-state index >= 15 is 0 Å². The number of nitrogens with one attached hydrogen (secondary N) is 1. The van der Waals surface area contributed by atoms with E-state index in [1.54, 1.807) is 0 Å². The van der Waals surface area contributed by atoms with Crippen molar-refractivity contribution in [3.63, 3.8) is 0 Å². The maximum absolute atomic E-state index is 13.9. The molecule has 1 aliphatic heterocycles. The number of benzene rings is 1. The van der Waals surface area contributed by atoms with Gasteiger partial charge in [0.25, 0.3) is 0 Å². The van der Waals surface area contributed by atoms with Crippen LogP contribution in [-0.2, 0) is 14.8 Å². The van der Waals surface area contributed by atoms with Crippen LogP contribution in [0.4, 0.5) is 4.39 Å². The summed E-state index contributed by atoms with van der Waals surface area (Å²) in [7, 11) is -4.09. The quantitative estimate of drug-likeness (QED) is 0.781. The highest BCUT2D eigenvalue weighted by atomic mass is 35.5. The monoisotopic (exact) mass is 399 g/mol. The van der Waals surface area contributed by atoms with Crippen molar-refractivity contribution in [2.45, 2.75) is 17.7 Å². The van der Waals surface area contributed by atoms with Crippen LogP contribution in [0.15, 0.2) is 23.1 Å². The standard InChI is InChI=1S/C14H19ClFN3O3S.ClH/c15-11-4-1-5-12(16)13(11)23(21,22)19-8-2-3-10(9-19)14(20)18-7-6-17;/h1,4-5,10H,2-3,6-9,17H2,(H,18,20);1H. The largest absolute Gasteiger partial charge is 0.355 e. The number of sulfonamides is 1. The van der Waals surface area contributed by atoms with E-state index in [1.807, 2.05) is 0 Å². The number of halogens is 3. The Morgan fingerprint density at radius 2 is 2.17 bits per heavy atom. The highest BCUT2D eigenvalue weighted by Gasteiger charge is 2.35. The third-order valence-corrected chi connectivity index (χ3v) is 6.08. The van der Waals surface area contributed by atoms with Gasteiger partial charge in [0.1, 0.15) is 10.7 Å². The Morgan fingerprint density at radius 3 is 2.79 bits per heavy atom. The minimum absolute atomic E-state index is 0. The summed E-state index contributed by atoms with van der Waals surface area (Å²) in [6.45, 7) is 0.879. The summed E-state index contributed by atoms with van der Waals surface area (Å²) < 4.78 is 40.4. The molecular weight excluding hydrogens is 380 g/mol. The molecule has 1 heterocycles. The van der Waals surface area contributed by atoms with Crippen LogP contribution < -0.4 is 11.1 Å². The van der Waals surface area contributed by atoms with Gasteiger partial charge in [0.15, 0.2) is 0 Å². The molecule has 2 rings (SSSR count). The molecule has 10 heteroatoms. The minimum Gasteiger partial charge on any atom is -0.355 e. The average molecular weight is 400 g/mol. The topological polar surface area (TPSA) is 92.5 Å². The number of hydrogen-bond donors (Lipinski definition) is 2. The van der Waals surface area contributed by atoms with Crippen molar-refractivity contribution in [2.24, 2.45) is 11.7 Å². The fraction of sp³-hybridized carbons (Fsp3) is 0.500. The predicted molar refractivity (Wildman–Crippen MR) is 92.2 cm³/mol. The van der Waals surface area contributed by atoms with E-state index in [4.69, 9.17) is 17.3 Å². The first kappa shape index (κ1) is 21.1. The highest BCUT2D eigenvalue weighted by Crippen LogP contribution is 2.30. The molecule has 1 saturated heterocycles. The lowest BCUT2D eigenvalue weighted by Crippen LogP contribution is -2.46. The van der Waals surface area contributed by atoms with Crippen LogP contribution in [0, 0.1) is 11.7 Å². The van der Waals surface area contributed by atoms with Crippen LogP contribution in [-0.4, -0.2) is 44.8 Å². The molecule has 1 amide bonds. The van der Waals surface area contributed by atoms with E-state index in [2.05, 4.69) is 5.32 Å². The van der Waals surface area contributed by atoms with E-state index in [0.29, 0.717) is 25.9 Å². The summed E-state index contributed by atoms with van der Waals surface area (Å²) in [5.41, 5.74) is 5.33. The Bertz CT molecular complexity index is 668. The van der Waals surface area contributed by atoms with Crippen LogP contribution in [0.2, 0.25) is 5.02 Å². The van der Waals surface area contributed by atoms with Gasteiger partial charge in [-0.2, -0.15) is 4.31 Å². The molecule has 3 N–H and O–H groups in total. The maximum atomic E-state index is 13.9. The number of carbonyl (C=O) groups is 1. The van der Waals surface area contributed by atoms with Crippen LogP contribution >= 0.6 is 24.0 Å². The summed E-state index contributed by atoms with van der Waals surface area (Å²) in [4.78, 5) is 11.5. The Kier molecular flexibility index (Phi) is 7.88.